The molecule has 94 valence electrons. The minimum absolute atomic E-state index is 0.204. The van der Waals surface area contributed by atoms with Crippen molar-refractivity contribution in [2.45, 2.75) is 0 Å². The Morgan fingerprint density at radius 1 is 1.11 bits per heavy atom. The number of hydrogen-bond donors (Lipinski definition) is 3. The molecule has 0 aliphatic rings. The molecule has 0 saturated carbocycles. The number of aromatic hydroxyl groups is 2. The molecule has 2 rings (SSSR count). The van der Waals surface area contributed by atoms with Gasteiger partial charge in [0.15, 0.2) is 0 Å². The van der Waals surface area contributed by atoms with Crippen LogP contribution in [-0.2, 0) is 0 Å². The summed E-state index contributed by atoms with van der Waals surface area (Å²) in [6.45, 7) is 0. The van der Waals surface area contributed by atoms with Crippen LogP contribution < -0.4 is 5.32 Å². The fraction of sp³-hybridized carbons (Fsp3) is 0. The average Bonchev–Trinajstić information content (AvgIpc) is 2.38. The van der Waals surface area contributed by atoms with Crippen LogP contribution >= 0.6 is 0 Å². The second kappa shape index (κ2) is 5.10. The maximum Gasteiger partial charge on any atom is 0.263 e. The molecule has 0 saturated heterocycles. The third-order valence-electron chi connectivity index (χ3n) is 2.50. The number of anilines is 1. The van der Waals surface area contributed by atoms with Gasteiger partial charge in [0.05, 0.1) is 11.6 Å². The molecule has 19 heavy (non-hydrogen) atoms. The maximum atomic E-state index is 11.9. The molecule has 0 aromatic heterocycles. The zero-order valence-electron chi connectivity index (χ0n) is 9.79. The third kappa shape index (κ3) is 2.64. The molecule has 1 amide bonds. The molecule has 2 aromatic carbocycles. The minimum atomic E-state index is -0.648. The fourth-order valence-electron chi connectivity index (χ4n) is 1.62. The number of nitrogens with zero attached hydrogens (tertiary/aromatic N) is 1. The summed E-state index contributed by atoms with van der Waals surface area (Å²) >= 11 is 0. The Kier molecular flexibility index (Phi) is 3.35. The van der Waals surface area contributed by atoms with E-state index in [4.69, 9.17) is 5.26 Å². The molecule has 0 unspecified atom stereocenters. The first kappa shape index (κ1) is 12.5. The van der Waals surface area contributed by atoms with Gasteiger partial charge in [-0.3, -0.25) is 4.79 Å². The summed E-state index contributed by atoms with van der Waals surface area (Å²) in [7, 11) is 0. The normalized spacial score (nSPS) is 9.63. The number of carbonyl (C=O) groups is 1. The first-order chi connectivity index (χ1) is 9.11. The Labute approximate surface area is 109 Å². The Balaban J connectivity index is 2.29. The van der Waals surface area contributed by atoms with Crippen LogP contribution in [0.5, 0.6) is 11.5 Å². The van der Waals surface area contributed by atoms with Crippen molar-refractivity contribution < 1.29 is 15.0 Å². The zero-order valence-corrected chi connectivity index (χ0v) is 9.79. The first-order valence-corrected chi connectivity index (χ1v) is 5.44. The molecule has 0 spiro atoms. The lowest BCUT2D eigenvalue weighted by Gasteiger charge is -2.08. The highest BCUT2D eigenvalue weighted by Crippen LogP contribution is 2.27. The lowest BCUT2D eigenvalue weighted by atomic mass is 10.1. The van der Waals surface area contributed by atoms with E-state index < -0.39 is 5.91 Å². The summed E-state index contributed by atoms with van der Waals surface area (Å²) < 4.78 is 0. The smallest absolute Gasteiger partial charge is 0.263 e. The number of rotatable bonds is 2. The fourth-order valence-corrected chi connectivity index (χ4v) is 1.62. The van der Waals surface area contributed by atoms with Crippen molar-refractivity contribution >= 4 is 11.6 Å². The summed E-state index contributed by atoms with van der Waals surface area (Å²) in [5, 5.41) is 30.4. The van der Waals surface area contributed by atoms with Crippen LogP contribution in [0, 0.1) is 11.3 Å². The van der Waals surface area contributed by atoms with E-state index in [-0.39, 0.29) is 17.1 Å². The van der Waals surface area contributed by atoms with Gasteiger partial charge in [-0.05, 0) is 30.3 Å². The third-order valence-corrected chi connectivity index (χ3v) is 2.50. The van der Waals surface area contributed by atoms with Crippen LogP contribution in [0.15, 0.2) is 42.5 Å². The zero-order chi connectivity index (χ0) is 13.8. The van der Waals surface area contributed by atoms with Gasteiger partial charge in [-0.2, -0.15) is 5.26 Å². The van der Waals surface area contributed by atoms with Crippen LogP contribution in [0.1, 0.15) is 15.9 Å². The number of nitrogens with one attached hydrogen (secondary N) is 1. The second-order valence-corrected chi connectivity index (χ2v) is 3.82. The Bertz CT molecular complexity index is 654. The summed E-state index contributed by atoms with van der Waals surface area (Å²) in [5.41, 5.74) is 0.607. The van der Waals surface area contributed by atoms with Crippen molar-refractivity contribution in [2.24, 2.45) is 0 Å². The lowest BCUT2D eigenvalue weighted by molar-refractivity contribution is 0.102. The van der Waals surface area contributed by atoms with Crippen molar-refractivity contribution in [3.8, 4) is 17.6 Å². The molecule has 5 nitrogen and oxygen atoms in total. The van der Waals surface area contributed by atoms with E-state index in [1.54, 1.807) is 18.2 Å². The average molecular weight is 254 g/mol. The summed E-state index contributed by atoms with van der Waals surface area (Å²) in [6, 6.07) is 12.3. The van der Waals surface area contributed by atoms with Crippen molar-refractivity contribution in [3.05, 3.63) is 53.6 Å². The molecule has 0 radical (unpaired) electrons. The highest BCUT2D eigenvalue weighted by Gasteiger charge is 2.16. The van der Waals surface area contributed by atoms with Crippen molar-refractivity contribution in [1.82, 2.24) is 0 Å². The highest BCUT2D eigenvalue weighted by molar-refractivity contribution is 6.08. The van der Waals surface area contributed by atoms with E-state index in [0.717, 1.165) is 0 Å². The summed E-state index contributed by atoms with van der Waals surface area (Å²) in [6.07, 6.45) is 0. The molecule has 2 aromatic rings. The maximum absolute atomic E-state index is 11.9. The monoisotopic (exact) mass is 254 g/mol. The standard InChI is InChI=1S/C14H10N2O3/c15-8-9-3-1-4-10(7-9)16-14(19)13-11(17)5-2-6-12(13)18/h1-7,17-18H,(H,16,19). The molecule has 0 atom stereocenters. The highest BCUT2D eigenvalue weighted by atomic mass is 16.3. The van der Waals surface area contributed by atoms with Gasteiger partial charge in [0.1, 0.15) is 17.1 Å². The number of phenolic OH excluding ortho intramolecular Hbond substituents is 2. The number of amides is 1. The molecule has 3 N–H and O–H groups in total. The topological polar surface area (TPSA) is 93.4 Å². The molecule has 0 aliphatic heterocycles. The van der Waals surface area contributed by atoms with Crippen LogP contribution in [0.3, 0.4) is 0 Å². The van der Waals surface area contributed by atoms with Gasteiger partial charge in [0, 0.05) is 5.69 Å². The number of carbonyl (C=O) groups excluding carboxylic acids is 1. The number of hydrogen-bond acceptors (Lipinski definition) is 4. The van der Waals surface area contributed by atoms with Crippen LogP contribution in [0.25, 0.3) is 0 Å². The van der Waals surface area contributed by atoms with E-state index in [0.29, 0.717) is 11.3 Å². The molecular weight excluding hydrogens is 244 g/mol. The summed E-state index contributed by atoms with van der Waals surface area (Å²) in [4.78, 5) is 11.9. The first-order valence-electron chi connectivity index (χ1n) is 5.44. The second-order valence-electron chi connectivity index (χ2n) is 3.82. The summed E-state index contributed by atoms with van der Waals surface area (Å²) in [5.74, 6) is -1.27. The van der Waals surface area contributed by atoms with E-state index in [2.05, 4.69) is 5.32 Å². The lowest BCUT2D eigenvalue weighted by Crippen LogP contribution is -2.12. The largest absolute Gasteiger partial charge is 0.507 e. The molecule has 0 bridgehead atoms. The predicted octanol–water partition coefficient (Wildman–Crippen LogP) is 2.22. The van der Waals surface area contributed by atoms with E-state index in [9.17, 15) is 15.0 Å². The molecule has 0 aliphatic carbocycles. The van der Waals surface area contributed by atoms with E-state index in [1.165, 1.54) is 24.3 Å². The van der Waals surface area contributed by atoms with Gasteiger partial charge < -0.3 is 15.5 Å². The van der Waals surface area contributed by atoms with Crippen LogP contribution in [0.4, 0.5) is 5.69 Å². The van der Waals surface area contributed by atoms with Gasteiger partial charge in [-0.25, -0.2) is 0 Å². The van der Waals surface area contributed by atoms with E-state index in [1.807, 2.05) is 6.07 Å². The van der Waals surface area contributed by atoms with Crippen LogP contribution in [-0.4, -0.2) is 16.1 Å². The quantitative estimate of drug-likeness (QED) is 0.766. The van der Waals surface area contributed by atoms with Crippen molar-refractivity contribution in [2.75, 3.05) is 5.32 Å². The number of benzene rings is 2. The molecule has 0 heterocycles. The van der Waals surface area contributed by atoms with Gasteiger partial charge in [0.25, 0.3) is 5.91 Å². The van der Waals surface area contributed by atoms with Crippen molar-refractivity contribution in [3.63, 3.8) is 0 Å². The Morgan fingerprint density at radius 2 is 1.74 bits per heavy atom. The Hall–Kier alpha value is -3.00. The minimum Gasteiger partial charge on any atom is -0.507 e. The van der Waals surface area contributed by atoms with Gasteiger partial charge >= 0.3 is 0 Å². The SMILES string of the molecule is N#Cc1cccc(NC(=O)c2c(O)cccc2O)c1. The molecule has 0 fully saturated rings. The Morgan fingerprint density at radius 3 is 2.37 bits per heavy atom. The van der Waals surface area contributed by atoms with Gasteiger partial charge in [-0.1, -0.05) is 12.1 Å². The van der Waals surface area contributed by atoms with Gasteiger partial charge in [-0.15, -0.1) is 0 Å². The van der Waals surface area contributed by atoms with Gasteiger partial charge in [0.2, 0.25) is 0 Å². The van der Waals surface area contributed by atoms with Crippen molar-refractivity contribution in [1.29, 1.82) is 5.26 Å². The number of phenols is 2. The molecule has 5 heteroatoms. The number of nitriles is 1. The van der Waals surface area contributed by atoms with E-state index >= 15 is 0 Å². The molecular formula is C14H10N2O3. The van der Waals surface area contributed by atoms with Crippen LogP contribution in [0.2, 0.25) is 0 Å². The predicted molar refractivity (Wildman–Crippen MR) is 68.9 cm³/mol.